The molecule has 1 saturated heterocycles. The molecule has 9 heteroatoms. The number of hydroxylamine groups is 2. The quantitative estimate of drug-likeness (QED) is 0.295. The minimum Gasteiger partial charge on any atom is -0.508 e. The first kappa shape index (κ1) is 20.9. The number of hydrazone groups is 1. The van der Waals surface area contributed by atoms with Gasteiger partial charge in [-0.25, -0.2) is 9.80 Å². The van der Waals surface area contributed by atoms with Crippen molar-refractivity contribution in [2.45, 2.75) is 62.9 Å². The second-order valence-electron chi connectivity index (χ2n) is 7.65. The molecule has 1 unspecified atom stereocenters. The lowest BCUT2D eigenvalue weighted by Crippen LogP contribution is -2.57. The molecule has 1 aliphatic heterocycles. The smallest absolute Gasteiger partial charge is 0.343 e. The van der Waals surface area contributed by atoms with Gasteiger partial charge in [0, 0.05) is 6.04 Å². The molecule has 0 radical (unpaired) electrons. The van der Waals surface area contributed by atoms with E-state index >= 15 is 0 Å². The Bertz CT molecular complexity index is 748. The van der Waals surface area contributed by atoms with Crippen LogP contribution in [0, 0.1) is 0 Å². The van der Waals surface area contributed by atoms with E-state index in [1.54, 1.807) is 30.5 Å². The number of carbonyl (C=O) groups excluding carboxylic acids is 1. The average molecular weight is 423 g/mol. The third kappa shape index (κ3) is 4.76. The molecular weight excluding hydrogens is 396 g/mol. The van der Waals surface area contributed by atoms with Crippen molar-refractivity contribution in [2.75, 3.05) is 0 Å². The highest BCUT2D eigenvalue weighted by molar-refractivity contribution is 8.24. The lowest BCUT2D eigenvalue weighted by Gasteiger charge is -2.35. The van der Waals surface area contributed by atoms with Crippen LogP contribution in [0.3, 0.4) is 0 Å². The number of hydrogen-bond acceptors (Lipinski definition) is 6. The van der Waals surface area contributed by atoms with Crippen molar-refractivity contribution in [2.24, 2.45) is 5.10 Å². The Hall–Kier alpha value is -1.84. The predicted molar refractivity (Wildman–Crippen MR) is 115 cm³/mol. The summed E-state index contributed by atoms with van der Waals surface area (Å²) in [5, 5.41) is 29.7. The van der Waals surface area contributed by atoms with E-state index in [9.17, 15) is 15.1 Å². The standard InChI is InChI=1S/C19H26N4O3S2/c1-19(2)16(23(26)17(25)21-14-6-4-3-5-7-14)22(18(27)28-19)20-12-13-8-10-15(24)11-9-13/h8-12,14,16,24,26H,3-7H2,1-2H3,(H,21,25). The molecule has 28 heavy (non-hydrogen) atoms. The summed E-state index contributed by atoms with van der Waals surface area (Å²) < 4.78 is -0.0586. The average Bonchev–Trinajstić information content (AvgIpc) is 2.89. The van der Waals surface area contributed by atoms with Crippen molar-refractivity contribution in [3.63, 3.8) is 0 Å². The van der Waals surface area contributed by atoms with E-state index in [0.717, 1.165) is 36.3 Å². The minimum absolute atomic E-state index is 0.0916. The molecule has 2 fully saturated rings. The third-order valence-corrected chi connectivity index (χ3v) is 6.52. The summed E-state index contributed by atoms with van der Waals surface area (Å²) in [5.41, 5.74) is 0.769. The van der Waals surface area contributed by atoms with E-state index < -0.39 is 16.9 Å². The van der Waals surface area contributed by atoms with Crippen LogP contribution in [0.4, 0.5) is 4.79 Å². The topological polar surface area (TPSA) is 88.4 Å². The molecule has 7 nitrogen and oxygen atoms in total. The van der Waals surface area contributed by atoms with Crippen molar-refractivity contribution in [3.8, 4) is 5.75 Å². The van der Waals surface area contributed by atoms with Gasteiger partial charge < -0.3 is 10.4 Å². The number of carbonyl (C=O) groups is 1. The second-order valence-corrected chi connectivity index (χ2v) is 9.94. The zero-order chi connectivity index (χ0) is 20.3. The van der Waals surface area contributed by atoms with Gasteiger partial charge in [-0.2, -0.15) is 10.2 Å². The van der Waals surface area contributed by atoms with Gasteiger partial charge in [-0.1, -0.05) is 43.2 Å². The van der Waals surface area contributed by atoms with Crippen LogP contribution in [0.15, 0.2) is 29.4 Å². The molecular formula is C19H26N4O3S2. The Labute approximate surface area is 174 Å². The van der Waals surface area contributed by atoms with Gasteiger partial charge in [0.2, 0.25) is 0 Å². The Morgan fingerprint density at radius 2 is 1.96 bits per heavy atom. The molecule has 152 valence electrons. The van der Waals surface area contributed by atoms with E-state index in [4.69, 9.17) is 12.2 Å². The summed E-state index contributed by atoms with van der Waals surface area (Å²) in [6.07, 6.45) is 6.10. The maximum absolute atomic E-state index is 12.7. The number of phenols is 1. The first-order valence-electron chi connectivity index (χ1n) is 9.42. The van der Waals surface area contributed by atoms with E-state index in [-0.39, 0.29) is 11.8 Å². The SMILES string of the molecule is CC1(C)SC(=S)N(N=Cc2ccc(O)cc2)C1N(O)C(=O)NC1CCCCC1. The first-order valence-corrected chi connectivity index (χ1v) is 10.6. The number of phenolic OH excluding ortho intramolecular Hbond substituents is 1. The zero-order valence-corrected chi connectivity index (χ0v) is 17.7. The van der Waals surface area contributed by atoms with Crippen LogP contribution in [0.2, 0.25) is 0 Å². The Morgan fingerprint density at radius 1 is 1.32 bits per heavy atom. The maximum Gasteiger partial charge on any atom is 0.343 e. The number of nitrogens with one attached hydrogen (secondary N) is 1. The summed E-state index contributed by atoms with van der Waals surface area (Å²) >= 11 is 6.83. The number of hydrogen-bond donors (Lipinski definition) is 3. The van der Waals surface area contributed by atoms with E-state index in [1.165, 1.54) is 23.2 Å². The number of amides is 2. The molecule has 2 aliphatic rings. The van der Waals surface area contributed by atoms with Gasteiger partial charge >= 0.3 is 6.03 Å². The van der Waals surface area contributed by atoms with Crippen molar-refractivity contribution < 1.29 is 15.1 Å². The molecule has 1 heterocycles. The molecule has 1 aromatic rings. The molecule has 3 N–H and O–H groups in total. The van der Waals surface area contributed by atoms with Crippen LogP contribution in [0.1, 0.15) is 51.5 Å². The Kier molecular flexibility index (Phi) is 6.47. The van der Waals surface area contributed by atoms with E-state index in [0.29, 0.717) is 4.32 Å². The number of urea groups is 1. The van der Waals surface area contributed by atoms with Gasteiger partial charge in [-0.15, -0.1) is 0 Å². The molecule has 0 spiro atoms. The molecule has 1 atom stereocenters. The van der Waals surface area contributed by atoms with Crippen LogP contribution >= 0.6 is 24.0 Å². The highest BCUT2D eigenvalue weighted by Gasteiger charge is 2.50. The molecule has 0 bridgehead atoms. The van der Waals surface area contributed by atoms with Crippen LogP contribution in [-0.2, 0) is 0 Å². The van der Waals surface area contributed by atoms with E-state index in [1.807, 2.05) is 13.8 Å². The molecule has 1 aliphatic carbocycles. The fourth-order valence-electron chi connectivity index (χ4n) is 3.52. The molecule has 0 aromatic heterocycles. The largest absolute Gasteiger partial charge is 0.508 e. The normalized spacial score (nSPS) is 22.6. The molecule has 1 saturated carbocycles. The first-order chi connectivity index (χ1) is 13.3. The Morgan fingerprint density at radius 3 is 2.61 bits per heavy atom. The van der Waals surface area contributed by atoms with Crippen LogP contribution in [0.5, 0.6) is 5.75 Å². The van der Waals surface area contributed by atoms with Crippen LogP contribution in [0.25, 0.3) is 0 Å². The maximum atomic E-state index is 12.7. The second kappa shape index (κ2) is 8.67. The highest BCUT2D eigenvalue weighted by atomic mass is 32.2. The summed E-state index contributed by atoms with van der Waals surface area (Å²) in [7, 11) is 0. The van der Waals surface area contributed by atoms with Gasteiger partial charge in [0.05, 0.1) is 11.0 Å². The molecule has 1 aromatic carbocycles. The summed E-state index contributed by atoms with van der Waals surface area (Å²) in [4.78, 5) is 12.7. The number of nitrogens with zero attached hydrogens (tertiary/aromatic N) is 3. The van der Waals surface area contributed by atoms with Gasteiger partial charge in [0.15, 0.2) is 10.5 Å². The number of aromatic hydroxyl groups is 1. The summed E-state index contributed by atoms with van der Waals surface area (Å²) in [5.74, 6) is 0.171. The number of thiocarbonyl (C=S) groups is 1. The van der Waals surface area contributed by atoms with E-state index in [2.05, 4.69) is 10.4 Å². The number of thioether (sulfide) groups is 1. The number of rotatable bonds is 4. The summed E-state index contributed by atoms with van der Waals surface area (Å²) in [6.45, 7) is 3.84. The monoisotopic (exact) mass is 422 g/mol. The van der Waals surface area contributed by atoms with Crippen molar-refractivity contribution in [1.29, 1.82) is 0 Å². The van der Waals surface area contributed by atoms with Crippen molar-refractivity contribution in [1.82, 2.24) is 15.4 Å². The summed E-state index contributed by atoms with van der Waals surface area (Å²) in [6, 6.07) is 6.13. The minimum atomic E-state index is -0.734. The fraction of sp³-hybridized carbons (Fsp3) is 0.526. The van der Waals surface area contributed by atoms with Crippen LogP contribution in [-0.4, -0.2) is 53.9 Å². The third-order valence-electron chi connectivity index (χ3n) is 4.99. The highest BCUT2D eigenvalue weighted by Crippen LogP contribution is 2.42. The number of benzene rings is 1. The van der Waals surface area contributed by atoms with Crippen molar-refractivity contribution >= 4 is 40.5 Å². The lowest BCUT2D eigenvalue weighted by molar-refractivity contribution is -0.119. The van der Waals surface area contributed by atoms with Crippen LogP contribution < -0.4 is 5.32 Å². The van der Waals surface area contributed by atoms with Gasteiger partial charge in [-0.05, 0) is 56.5 Å². The molecule has 3 rings (SSSR count). The fourth-order valence-corrected chi connectivity index (χ4v) is 5.30. The molecule has 2 amide bonds. The Balaban J connectivity index is 1.75. The van der Waals surface area contributed by atoms with Gasteiger partial charge in [0.25, 0.3) is 0 Å². The van der Waals surface area contributed by atoms with Gasteiger partial charge in [0.1, 0.15) is 5.75 Å². The van der Waals surface area contributed by atoms with Gasteiger partial charge in [-0.3, -0.25) is 5.21 Å². The van der Waals surface area contributed by atoms with Crippen molar-refractivity contribution in [3.05, 3.63) is 29.8 Å². The lowest BCUT2D eigenvalue weighted by atomic mass is 9.96. The predicted octanol–water partition coefficient (Wildman–Crippen LogP) is 3.90. The zero-order valence-electron chi connectivity index (χ0n) is 16.0.